The van der Waals surface area contributed by atoms with Gasteiger partial charge < -0.3 is 36.2 Å². The Morgan fingerprint density at radius 3 is 2.35 bits per heavy atom. The van der Waals surface area contributed by atoms with Gasteiger partial charge in [-0.25, -0.2) is 19.0 Å². The molecule has 1 aromatic carbocycles. The molecular formula is C21H24N5O16P3S. The van der Waals surface area contributed by atoms with Crippen LogP contribution in [0.1, 0.15) is 30.4 Å². The van der Waals surface area contributed by atoms with E-state index in [1.165, 1.54) is 12.1 Å². The Kier molecular flexibility index (Phi) is 10.8. The van der Waals surface area contributed by atoms with E-state index in [-0.39, 0.29) is 22.7 Å². The number of imidazole rings is 1. The number of H-pyrrole nitrogens is 1. The smallest absolute Gasteiger partial charge is 0.459 e. The number of anilines is 1. The maximum Gasteiger partial charge on any atom is 0.518 e. The van der Waals surface area contributed by atoms with Crippen LogP contribution in [-0.2, 0) is 58.3 Å². The number of rotatable bonds is 12. The number of ether oxygens (including phenoxy) is 3. The Labute approximate surface area is 262 Å². The predicted molar refractivity (Wildman–Crippen MR) is 154 cm³/mol. The number of aromatic amines is 1. The summed E-state index contributed by atoms with van der Waals surface area (Å²) in [5.41, 5.74) is -0.965. The van der Waals surface area contributed by atoms with Crippen molar-refractivity contribution in [3.05, 3.63) is 52.6 Å². The van der Waals surface area contributed by atoms with Gasteiger partial charge in [0.15, 0.2) is 29.6 Å². The van der Waals surface area contributed by atoms with Gasteiger partial charge in [-0.1, -0.05) is 22.5 Å². The van der Waals surface area contributed by atoms with Gasteiger partial charge in [0, 0.05) is 19.4 Å². The van der Waals surface area contributed by atoms with E-state index in [9.17, 15) is 38.1 Å². The summed E-state index contributed by atoms with van der Waals surface area (Å²) < 4.78 is 53.3. The molecule has 3 aromatic rings. The lowest BCUT2D eigenvalue weighted by Gasteiger charge is -2.25. The Morgan fingerprint density at radius 2 is 1.74 bits per heavy atom. The highest BCUT2D eigenvalue weighted by Gasteiger charge is 2.52. The lowest BCUT2D eigenvalue weighted by molar-refractivity contribution is -0.165. The molecule has 6 atom stereocenters. The largest absolute Gasteiger partial charge is 0.518 e. The van der Waals surface area contributed by atoms with Crippen LogP contribution in [0.3, 0.4) is 0 Å². The fourth-order valence-electron chi connectivity index (χ4n) is 4.13. The molecule has 2 aromatic heterocycles. The fourth-order valence-corrected chi connectivity index (χ4v) is 8.10. The van der Waals surface area contributed by atoms with Crippen LogP contribution in [0.5, 0.6) is 0 Å². The highest BCUT2D eigenvalue weighted by atomic mass is 32.7. The van der Waals surface area contributed by atoms with Gasteiger partial charge in [0.05, 0.1) is 6.33 Å². The van der Waals surface area contributed by atoms with Crippen LogP contribution in [0.4, 0.5) is 5.95 Å². The third-order valence-electron chi connectivity index (χ3n) is 5.68. The summed E-state index contributed by atoms with van der Waals surface area (Å²) in [5, 5.41) is 2.44. The molecule has 0 saturated carbocycles. The molecule has 4 rings (SSSR count). The average Bonchev–Trinajstić information content (AvgIpc) is 3.47. The number of nitrogens with zero attached hydrogens (tertiary/aromatic N) is 3. The normalized spacial score (nSPS) is 22.5. The maximum absolute atomic E-state index is 12.8. The zero-order chi connectivity index (χ0) is 34.0. The van der Waals surface area contributed by atoms with Crippen molar-refractivity contribution in [3.63, 3.8) is 0 Å². The van der Waals surface area contributed by atoms with E-state index in [4.69, 9.17) is 28.5 Å². The number of carbonyl (C=O) groups is 3. The average molecular weight is 727 g/mol. The van der Waals surface area contributed by atoms with Gasteiger partial charge in [-0.2, -0.15) is 13.8 Å². The zero-order valence-corrected chi connectivity index (χ0v) is 26.8. The SMILES string of the molecule is CC(=O)O[C@@H]1[C@H](OC(C)=O)[C@@H](CO[P+](O)([S-])OP(=O)(O)OP(=O)(O)O)O[C@H]1n1cnc2c(=O)[nH]c(NC(=O)c3ccccc3)nc21. The van der Waals surface area contributed by atoms with Crippen LogP contribution >= 0.6 is 22.8 Å². The molecule has 1 fully saturated rings. The minimum absolute atomic E-state index is 0.191. The van der Waals surface area contributed by atoms with Crippen molar-refractivity contribution in [1.29, 1.82) is 0 Å². The van der Waals surface area contributed by atoms with Crippen molar-refractivity contribution in [2.75, 3.05) is 11.9 Å². The lowest BCUT2D eigenvalue weighted by atomic mass is 10.1. The van der Waals surface area contributed by atoms with Gasteiger partial charge in [-0.3, -0.25) is 38.9 Å². The number of amides is 1. The van der Waals surface area contributed by atoms with E-state index in [2.05, 4.69) is 41.1 Å². The highest BCUT2D eigenvalue weighted by Crippen LogP contribution is 2.70. The minimum atomic E-state index is -5.66. The molecule has 46 heavy (non-hydrogen) atoms. The molecule has 0 bridgehead atoms. The van der Waals surface area contributed by atoms with Gasteiger partial charge in [-0.15, -0.1) is 0 Å². The second-order valence-corrected chi connectivity index (χ2v) is 15.0. The summed E-state index contributed by atoms with van der Waals surface area (Å²) in [6.45, 7) is 1.14. The number of fused-ring (bicyclic) bond motifs is 1. The van der Waals surface area contributed by atoms with Gasteiger partial charge in [0.25, 0.3) is 11.5 Å². The van der Waals surface area contributed by atoms with Gasteiger partial charge in [-0.05, 0) is 12.1 Å². The second-order valence-electron chi connectivity index (χ2n) is 9.16. The van der Waals surface area contributed by atoms with Crippen molar-refractivity contribution in [2.45, 2.75) is 38.4 Å². The van der Waals surface area contributed by atoms with Crippen LogP contribution in [0.15, 0.2) is 41.5 Å². The topological polar surface area (TPSA) is 297 Å². The molecule has 1 amide bonds. The van der Waals surface area contributed by atoms with Crippen LogP contribution in [0.2, 0.25) is 0 Å². The van der Waals surface area contributed by atoms with Crippen LogP contribution < -0.4 is 10.9 Å². The number of aromatic nitrogens is 4. The van der Waals surface area contributed by atoms with Crippen molar-refractivity contribution >= 4 is 70.0 Å². The molecule has 21 nitrogen and oxygen atoms in total. The van der Waals surface area contributed by atoms with Crippen molar-refractivity contribution < 1.29 is 70.4 Å². The molecule has 0 spiro atoms. The Balaban J connectivity index is 1.65. The number of hydrogen-bond donors (Lipinski definition) is 6. The summed E-state index contributed by atoms with van der Waals surface area (Å²) in [6, 6.07) is 7.97. The molecular weight excluding hydrogens is 703 g/mol. The summed E-state index contributed by atoms with van der Waals surface area (Å²) in [4.78, 5) is 97.4. The molecule has 3 heterocycles. The third kappa shape index (κ3) is 9.25. The first-order chi connectivity index (χ1) is 21.3. The van der Waals surface area contributed by atoms with Gasteiger partial charge in [0.2, 0.25) is 5.95 Å². The van der Waals surface area contributed by atoms with Crippen LogP contribution in [0.25, 0.3) is 11.2 Å². The number of esters is 2. The molecule has 0 radical (unpaired) electrons. The molecule has 1 aliphatic heterocycles. The van der Waals surface area contributed by atoms with Crippen molar-refractivity contribution in [1.82, 2.24) is 19.5 Å². The number of nitrogens with one attached hydrogen (secondary N) is 2. The standard InChI is InChI=1S/C21H24N5O16P3S/c1-10(27)38-15-13(8-37-45(36,46)42-44(34,35)41-43(31,32)33)40-20(16(15)39-11(2)28)26-9-22-14-17(26)23-21(25-19(14)30)24-18(29)12-6-4-3-5-7-12/h3-7,9,13,15-16,20H,8H2,1-2H3,(H,34,35)(H,36,46)(H2,31,32,33)(H2,23,24,25,29,30)/t13-,15-,16-,20-,45?/m1/s1. The second kappa shape index (κ2) is 13.9. The monoisotopic (exact) mass is 727 g/mol. The number of hydrogen-bond acceptors (Lipinski definition) is 16. The Bertz CT molecular complexity index is 1780. The fraction of sp³-hybridized carbons (Fsp3) is 0.333. The Morgan fingerprint density at radius 1 is 1.11 bits per heavy atom. The third-order valence-corrected chi connectivity index (χ3v) is 10.4. The minimum Gasteiger partial charge on any atom is -0.459 e. The first-order valence-electron chi connectivity index (χ1n) is 12.5. The quantitative estimate of drug-likeness (QED) is 0.0845. The first kappa shape index (κ1) is 35.7. The van der Waals surface area contributed by atoms with Crippen LogP contribution in [0, 0.1) is 0 Å². The van der Waals surface area contributed by atoms with Gasteiger partial charge in [0.1, 0.15) is 12.7 Å². The number of benzene rings is 1. The number of carbonyl (C=O) groups excluding carboxylic acids is 3. The highest BCUT2D eigenvalue weighted by molar-refractivity contribution is 8.36. The summed E-state index contributed by atoms with van der Waals surface area (Å²) >= 11 is 4.62. The molecule has 6 N–H and O–H groups in total. The van der Waals surface area contributed by atoms with Crippen molar-refractivity contribution in [2.24, 2.45) is 0 Å². The van der Waals surface area contributed by atoms with E-state index in [1.807, 2.05) is 0 Å². The summed E-state index contributed by atoms with van der Waals surface area (Å²) in [7, 11) is -16.1. The van der Waals surface area contributed by atoms with E-state index in [1.54, 1.807) is 18.2 Å². The molecule has 1 saturated heterocycles. The lowest BCUT2D eigenvalue weighted by Crippen LogP contribution is -2.40. The summed E-state index contributed by atoms with van der Waals surface area (Å²) in [6.07, 6.45) is -4.92. The van der Waals surface area contributed by atoms with E-state index >= 15 is 0 Å². The van der Waals surface area contributed by atoms with Gasteiger partial charge >= 0.3 is 34.7 Å². The Hall–Kier alpha value is -3.10. The first-order valence-corrected chi connectivity index (χ1v) is 18.1. The number of phosphoric acid groups is 2. The molecule has 2 unspecified atom stereocenters. The molecule has 250 valence electrons. The molecule has 25 heteroatoms. The predicted octanol–water partition coefficient (Wildman–Crippen LogP) is 0.592. The van der Waals surface area contributed by atoms with E-state index in [0.29, 0.717) is 0 Å². The van der Waals surface area contributed by atoms with E-state index < -0.39 is 77.3 Å². The van der Waals surface area contributed by atoms with E-state index in [0.717, 1.165) is 24.7 Å². The maximum atomic E-state index is 12.8. The molecule has 1 aliphatic rings. The van der Waals surface area contributed by atoms with Crippen molar-refractivity contribution in [3.8, 4) is 0 Å². The summed E-state index contributed by atoms with van der Waals surface area (Å²) in [5.74, 6) is -2.69. The zero-order valence-electron chi connectivity index (χ0n) is 23.3. The van der Waals surface area contributed by atoms with Crippen LogP contribution in [-0.4, -0.2) is 81.9 Å². The molecule has 0 aliphatic carbocycles.